The van der Waals surface area contributed by atoms with Gasteiger partial charge in [0, 0.05) is 23.2 Å². The van der Waals surface area contributed by atoms with E-state index < -0.39 is 6.03 Å². The smallest absolute Gasteiger partial charge is 0.320 e. The molecule has 134 valence electrons. The van der Waals surface area contributed by atoms with Crippen LogP contribution >= 0.6 is 11.6 Å². The van der Waals surface area contributed by atoms with Gasteiger partial charge < -0.3 is 20.7 Å². The van der Waals surface area contributed by atoms with Gasteiger partial charge in [0.05, 0.1) is 19.3 Å². The second-order valence-corrected chi connectivity index (χ2v) is 5.65. The normalized spacial score (nSPS) is 9.50. The number of benzene rings is 2. The fourth-order valence-corrected chi connectivity index (χ4v) is 2.23. The zero-order valence-corrected chi connectivity index (χ0v) is 15.1. The van der Waals surface area contributed by atoms with Crippen LogP contribution in [0.3, 0.4) is 0 Å². The van der Waals surface area contributed by atoms with Crippen molar-refractivity contribution in [3.63, 3.8) is 0 Å². The van der Waals surface area contributed by atoms with E-state index in [4.69, 9.17) is 16.3 Å². The number of rotatable bonds is 4. The Morgan fingerprint density at radius 3 is 2.50 bits per heavy atom. The molecule has 0 heterocycles. The molecule has 0 aliphatic rings. The van der Waals surface area contributed by atoms with Crippen LogP contribution in [0.5, 0.6) is 5.75 Å². The van der Waals surface area contributed by atoms with E-state index in [0.29, 0.717) is 22.1 Å². The first-order valence-corrected chi connectivity index (χ1v) is 8.10. The maximum Gasteiger partial charge on any atom is 0.320 e. The average molecular weight is 372 g/mol. The lowest BCUT2D eigenvalue weighted by Gasteiger charge is -2.10. The van der Waals surface area contributed by atoms with Crippen LogP contribution in [0.4, 0.5) is 16.2 Å². The van der Waals surface area contributed by atoms with Gasteiger partial charge in [0.25, 0.3) is 0 Å². The van der Waals surface area contributed by atoms with Gasteiger partial charge in [0.2, 0.25) is 5.91 Å². The molecule has 0 bridgehead atoms. The number of ether oxygens (including phenoxy) is 1. The highest BCUT2D eigenvalue weighted by Gasteiger charge is 2.07. The summed E-state index contributed by atoms with van der Waals surface area (Å²) < 4.78 is 5.16. The summed E-state index contributed by atoms with van der Waals surface area (Å²) in [7, 11) is 1.51. The number of hydrogen-bond acceptors (Lipinski definition) is 3. The second-order valence-electron chi connectivity index (χ2n) is 5.21. The molecule has 3 amide bonds. The Labute approximate surface area is 156 Å². The van der Waals surface area contributed by atoms with Crippen molar-refractivity contribution < 1.29 is 14.3 Å². The first-order chi connectivity index (χ1) is 12.5. The Hall–Kier alpha value is -3.17. The van der Waals surface area contributed by atoms with E-state index >= 15 is 0 Å². The van der Waals surface area contributed by atoms with Crippen LogP contribution in [-0.4, -0.2) is 25.6 Å². The third-order valence-electron chi connectivity index (χ3n) is 3.19. The summed E-state index contributed by atoms with van der Waals surface area (Å²) in [6.45, 7) is 1.62. The SMILES string of the molecule is COc1ccc(Cl)cc1NC(=O)NCC#Cc1ccc(NC(C)=O)cc1. The lowest BCUT2D eigenvalue weighted by atomic mass is 10.2. The Morgan fingerprint density at radius 1 is 1.12 bits per heavy atom. The highest BCUT2D eigenvalue weighted by atomic mass is 35.5. The summed E-state index contributed by atoms with van der Waals surface area (Å²) in [6.07, 6.45) is 0. The van der Waals surface area contributed by atoms with E-state index in [0.717, 1.165) is 5.56 Å². The molecule has 0 aliphatic heterocycles. The number of carbonyl (C=O) groups is 2. The number of urea groups is 1. The maximum absolute atomic E-state index is 11.9. The van der Waals surface area contributed by atoms with Crippen molar-refractivity contribution >= 4 is 34.9 Å². The van der Waals surface area contributed by atoms with Crippen LogP contribution < -0.4 is 20.7 Å². The summed E-state index contributed by atoms with van der Waals surface area (Å²) >= 11 is 5.92. The Balaban J connectivity index is 1.86. The highest BCUT2D eigenvalue weighted by molar-refractivity contribution is 6.31. The molecule has 6 nitrogen and oxygen atoms in total. The van der Waals surface area contributed by atoms with Crippen LogP contribution in [0.15, 0.2) is 42.5 Å². The van der Waals surface area contributed by atoms with E-state index in [-0.39, 0.29) is 12.5 Å². The predicted molar refractivity (Wildman–Crippen MR) is 103 cm³/mol. The van der Waals surface area contributed by atoms with Gasteiger partial charge in [0.1, 0.15) is 5.75 Å². The van der Waals surface area contributed by atoms with Crippen molar-refractivity contribution in [3.05, 3.63) is 53.1 Å². The molecule has 0 saturated heterocycles. The second kappa shape index (κ2) is 9.35. The molecule has 26 heavy (non-hydrogen) atoms. The third-order valence-corrected chi connectivity index (χ3v) is 3.42. The van der Waals surface area contributed by atoms with E-state index in [2.05, 4.69) is 27.8 Å². The Morgan fingerprint density at radius 2 is 1.85 bits per heavy atom. The predicted octanol–water partition coefficient (Wildman–Crippen LogP) is 3.48. The molecule has 0 unspecified atom stereocenters. The molecule has 0 spiro atoms. The van der Waals surface area contributed by atoms with Crippen molar-refractivity contribution in [3.8, 4) is 17.6 Å². The average Bonchev–Trinajstić information content (AvgIpc) is 2.60. The van der Waals surface area contributed by atoms with Gasteiger partial charge in [-0.1, -0.05) is 23.4 Å². The zero-order chi connectivity index (χ0) is 18.9. The summed E-state index contributed by atoms with van der Waals surface area (Å²) in [6, 6.07) is 11.6. The quantitative estimate of drug-likeness (QED) is 0.720. The molecule has 2 rings (SSSR count). The molecular formula is C19H18ClN3O3. The number of methoxy groups -OCH3 is 1. The van der Waals surface area contributed by atoms with Crippen LogP contribution in [0.1, 0.15) is 12.5 Å². The van der Waals surface area contributed by atoms with Gasteiger partial charge in [-0.05, 0) is 42.5 Å². The number of halogens is 1. The summed E-state index contributed by atoms with van der Waals surface area (Å²) in [4.78, 5) is 22.9. The Kier molecular flexibility index (Phi) is 6.89. The van der Waals surface area contributed by atoms with Crippen molar-refractivity contribution in [2.45, 2.75) is 6.92 Å². The fraction of sp³-hybridized carbons (Fsp3) is 0.158. The van der Waals surface area contributed by atoms with Gasteiger partial charge in [-0.2, -0.15) is 0 Å². The van der Waals surface area contributed by atoms with Crippen molar-refractivity contribution in [2.75, 3.05) is 24.3 Å². The monoisotopic (exact) mass is 371 g/mol. The molecule has 0 atom stereocenters. The minimum Gasteiger partial charge on any atom is -0.495 e. The first-order valence-electron chi connectivity index (χ1n) is 7.73. The summed E-state index contributed by atoms with van der Waals surface area (Å²) in [5.74, 6) is 6.16. The molecule has 3 N–H and O–H groups in total. The van der Waals surface area contributed by atoms with Crippen LogP contribution in [0.25, 0.3) is 0 Å². The summed E-state index contributed by atoms with van der Waals surface area (Å²) in [5, 5.41) is 8.46. The van der Waals surface area contributed by atoms with E-state index in [9.17, 15) is 9.59 Å². The molecule has 0 radical (unpaired) electrons. The fourth-order valence-electron chi connectivity index (χ4n) is 2.06. The lowest BCUT2D eigenvalue weighted by Crippen LogP contribution is -2.29. The number of anilines is 2. The number of hydrogen-bond donors (Lipinski definition) is 3. The molecule has 2 aromatic carbocycles. The van der Waals surface area contributed by atoms with Gasteiger partial charge in [-0.3, -0.25) is 4.79 Å². The van der Waals surface area contributed by atoms with Crippen LogP contribution in [0.2, 0.25) is 5.02 Å². The molecular weight excluding hydrogens is 354 g/mol. The third kappa shape index (κ3) is 6.04. The molecule has 2 aromatic rings. The van der Waals surface area contributed by atoms with Gasteiger partial charge in [-0.25, -0.2) is 4.79 Å². The molecule has 0 aliphatic carbocycles. The molecule has 0 aromatic heterocycles. The topological polar surface area (TPSA) is 79.5 Å². The van der Waals surface area contributed by atoms with Gasteiger partial charge in [0.15, 0.2) is 0 Å². The summed E-state index contributed by atoms with van der Waals surface area (Å²) in [5.41, 5.74) is 1.95. The maximum atomic E-state index is 11.9. The standard InChI is InChI=1S/C19H18ClN3O3/c1-13(24)22-16-8-5-14(6-9-16)4-3-11-21-19(25)23-17-12-15(20)7-10-18(17)26-2/h5-10,12H,11H2,1-2H3,(H,22,24)(H2,21,23,25). The number of carbonyl (C=O) groups excluding carboxylic acids is 2. The lowest BCUT2D eigenvalue weighted by molar-refractivity contribution is -0.114. The minimum atomic E-state index is -0.416. The van der Waals surface area contributed by atoms with Crippen molar-refractivity contribution in [1.29, 1.82) is 0 Å². The van der Waals surface area contributed by atoms with E-state index in [1.807, 2.05) is 0 Å². The largest absolute Gasteiger partial charge is 0.495 e. The molecule has 0 fully saturated rings. The van der Waals surface area contributed by atoms with Crippen molar-refractivity contribution in [1.82, 2.24) is 5.32 Å². The zero-order valence-electron chi connectivity index (χ0n) is 14.4. The molecule has 7 heteroatoms. The number of amides is 3. The first kappa shape index (κ1) is 19.2. The van der Waals surface area contributed by atoms with E-state index in [1.54, 1.807) is 42.5 Å². The van der Waals surface area contributed by atoms with Crippen LogP contribution in [0, 0.1) is 11.8 Å². The molecule has 0 saturated carbocycles. The van der Waals surface area contributed by atoms with Gasteiger partial charge >= 0.3 is 6.03 Å². The van der Waals surface area contributed by atoms with E-state index in [1.165, 1.54) is 14.0 Å². The minimum absolute atomic E-state index is 0.129. The number of nitrogens with one attached hydrogen (secondary N) is 3. The highest BCUT2D eigenvalue weighted by Crippen LogP contribution is 2.27. The van der Waals surface area contributed by atoms with Crippen LogP contribution in [-0.2, 0) is 4.79 Å². The van der Waals surface area contributed by atoms with Gasteiger partial charge in [-0.15, -0.1) is 0 Å². The van der Waals surface area contributed by atoms with Crippen molar-refractivity contribution in [2.24, 2.45) is 0 Å². The Bertz CT molecular complexity index is 855.